The number of nitrogens with zero attached hydrogens (tertiary/aromatic N) is 5. The van der Waals surface area contributed by atoms with Gasteiger partial charge in [0, 0.05) is 59.5 Å². The van der Waals surface area contributed by atoms with Crippen LogP contribution in [0.2, 0.25) is 0 Å². The zero-order valence-corrected chi connectivity index (χ0v) is 37.2. The van der Waals surface area contributed by atoms with E-state index in [0.29, 0.717) is 17.5 Å². The third-order valence-electron chi connectivity index (χ3n) is 13.4. The molecule has 0 saturated carbocycles. The Morgan fingerprint density at radius 1 is 0.394 bits per heavy atom. The molecule has 0 fully saturated rings. The van der Waals surface area contributed by atoms with Gasteiger partial charge in [-0.15, -0.1) is 11.3 Å². The Labute approximate surface area is 386 Å². The van der Waals surface area contributed by atoms with Crippen molar-refractivity contribution in [3.05, 3.63) is 224 Å². The van der Waals surface area contributed by atoms with Gasteiger partial charge in [0.2, 0.25) is 0 Å². The number of hydrogen-bond acceptors (Lipinski definition) is 5. The second-order valence-electron chi connectivity index (χ2n) is 17.7. The van der Waals surface area contributed by atoms with E-state index in [0.717, 1.165) is 50.2 Å². The van der Waals surface area contributed by atoms with Gasteiger partial charge in [0.05, 0.1) is 22.6 Å². The average molecular weight is 864 g/mol. The predicted octanol–water partition coefficient (Wildman–Crippen LogP) is 16.1. The summed E-state index contributed by atoms with van der Waals surface area (Å²) < 4.78 is 4.79. The minimum absolute atomic E-state index is 0.289. The maximum atomic E-state index is 5.32. The maximum absolute atomic E-state index is 5.32. The lowest BCUT2D eigenvalue weighted by Gasteiger charge is -2.42. The number of para-hydroxylation sites is 2. The fourth-order valence-corrected chi connectivity index (χ4v) is 11.2. The van der Waals surface area contributed by atoms with Crippen molar-refractivity contribution in [3.63, 3.8) is 0 Å². The second kappa shape index (κ2) is 14.9. The Bertz CT molecular complexity index is 3880. The maximum Gasteiger partial charge on any atom is 0.164 e. The van der Waals surface area contributed by atoms with Gasteiger partial charge in [0.1, 0.15) is 0 Å². The Kier molecular flexibility index (Phi) is 8.67. The van der Waals surface area contributed by atoms with Crippen LogP contribution in [-0.4, -0.2) is 19.5 Å². The van der Waals surface area contributed by atoms with Gasteiger partial charge in [-0.1, -0.05) is 141 Å². The highest BCUT2D eigenvalue weighted by molar-refractivity contribution is 7.25. The zero-order valence-electron chi connectivity index (χ0n) is 36.4. The first kappa shape index (κ1) is 38.3. The second-order valence-corrected chi connectivity index (χ2v) is 18.8. The van der Waals surface area contributed by atoms with Crippen LogP contribution in [0.15, 0.2) is 212 Å². The fourth-order valence-electron chi connectivity index (χ4n) is 10.1. The molecule has 12 aromatic rings. The molecule has 5 nitrogen and oxygen atoms in total. The summed E-state index contributed by atoms with van der Waals surface area (Å²) in [6.45, 7) is 4.72. The molecule has 0 aliphatic carbocycles. The van der Waals surface area contributed by atoms with Crippen molar-refractivity contribution in [3.8, 4) is 51.0 Å². The SMILES string of the molecule is CC1(C)c2ccccc2N(c2cc(-c3nc(-c4ccccc4)nc(-c4ccc5sc6ccccc6c5c4)n3)cc3ccccc23)c2ccc(-c3cccc(-n4ccc5ccccc54)c3)cc21. The van der Waals surface area contributed by atoms with Crippen LogP contribution in [0.25, 0.3) is 92.8 Å². The van der Waals surface area contributed by atoms with E-state index in [1.54, 1.807) is 0 Å². The molecule has 0 amide bonds. The van der Waals surface area contributed by atoms with Crippen molar-refractivity contribution >= 4 is 70.2 Å². The van der Waals surface area contributed by atoms with Crippen molar-refractivity contribution in [1.29, 1.82) is 0 Å². The molecule has 0 atom stereocenters. The highest BCUT2D eigenvalue weighted by Gasteiger charge is 2.37. The first-order valence-electron chi connectivity index (χ1n) is 22.4. The molecule has 312 valence electrons. The van der Waals surface area contributed by atoms with E-state index in [4.69, 9.17) is 15.0 Å². The summed E-state index contributed by atoms with van der Waals surface area (Å²) in [6, 6.07) is 74.1. The quantitative estimate of drug-likeness (QED) is 0.167. The normalized spacial score (nSPS) is 13.1. The molecule has 6 heteroatoms. The van der Waals surface area contributed by atoms with Crippen molar-refractivity contribution in [2.75, 3.05) is 4.90 Å². The molecule has 3 aromatic heterocycles. The minimum atomic E-state index is -0.289. The lowest BCUT2D eigenvalue weighted by molar-refractivity contribution is 0.632. The van der Waals surface area contributed by atoms with Crippen molar-refractivity contribution in [1.82, 2.24) is 19.5 Å². The predicted molar refractivity (Wildman–Crippen MR) is 276 cm³/mol. The van der Waals surface area contributed by atoms with Crippen LogP contribution in [0, 0.1) is 0 Å². The van der Waals surface area contributed by atoms with Gasteiger partial charge < -0.3 is 9.47 Å². The third kappa shape index (κ3) is 6.17. The molecule has 4 heterocycles. The summed E-state index contributed by atoms with van der Waals surface area (Å²) in [4.78, 5) is 18.2. The summed E-state index contributed by atoms with van der Waals surface area (Å²) in [5.74, 6) is 1.90. The number of fused-ring (bicyclic) bond motifs is 7. The monoisotopic (exact) mass is 863 g/mol. The van der Waals surface area contributed by atoms with Crippen LogP contribution >= 0.6 is 11.3 Å². The summed E-state index contributed by atoms with van der Waals surface area (Å²) in [5.41, 5.74) is 13.1. The molecular formula is C60H41N5S. The lowest BCUT2D eigenvalue weighted by atomic mass is 9.72. The van der Waals surface area contributed by atoms with E-state index >= 15 is 0 Å². The molecule has 0 N–H and O–H groups in total. The number of hydrogen-bond donors (Lipinski definition) is 0. The Morgan fingerprint density at radius 3 is 1.92 bits per heavy atom. The smallest absolute Gasteiger partial charge is 0.164 e. The first-order valence-corrected chi connectivity index (χ1v) is 23.2. The molecular weight excluding hydrogens is 823 g/mol. The highest BCUT2D eigenvalue weighted by Crippen LogP contribution is 2.54. The summed E-state index contributed by atoms with van der Waals surface area (Å²) in [5, 5.41) is 5.93. The van der Waals surface area contributed by atoms with Crippen LogP contribution in [0.5, 0.6) is 0 Å². The van der Waals surface area contributed by atoms with Gasteiger partial charge >= 0.3 is 0 Å². The topological polar surface area (TPSA) is 46.8 Å². The standard InChI is InChI=1S/C60H41N5S/c1-60(2)49-23-10-12-25-52(49)65(53-29-27-41(36-50(53)60)40-19-14-20-45(34-40)64-32-31-38-15-7-11-24-51(38)64)54-37-44(33-42-18-6-8-21-46(42)54)59-62-57(39-16-4-3-5-17-39)61-58(63-59)43-28-30-56-48(35-43)47-22-9-13-26-55(47)66-56/h3-37H,1-2H3. The van der Waals surface area contributed by atoms with Gasteiger partial charge in [0.15, 0.2) is 17.5 Å². The van der Waals surface area contributed by atoms with E-state index in [9.17, 15) is 0 Å². The van der Waals surface area contributed by atoms with E-state index < -0.39 is 0 Å². The van der Waals surface area contributed by atoms with Crippen LogP contribution < -0.4 is 4.90 Å². The molecule has 0 spiro atoms. The molecule has 1 aliphatic heterocycles. The molecule has 9 aromatic carbocycles. The van der Waals surface area contributed by atoms with Crippen LogP contribution in [0.1, 0.15) is 25.0 Å². The molecule has 0 unspecified atom stereocenters. The fraction of sp³-hybridized carbons (Fsp3) is 0.0500. The largest absolute Gasteiger partial charge is 0.317 e. The lowest BCUT2D eigenvalue weighted by Crippen LogP contribution is -2.30. The van der Waals surface area contributed by atoms with Crippen molar-refractivity contribution in [2.45, 2.75) is 19.3 Å². The Balaban J connectivity index is 0.989. The van der Waals surface area contributed by atoms with Crippen molar-refractivity contribution in [2.24, 2.45) is 0 Å². The number of rotatable bonds is 6. The Hall–Kier alpha value is -8.19. The first-order chi connectivity index (χ1) is 32.4. The molecule has 0 bridgehead atoms. The van der Waals surface area contributed by atoms with Gasteiger partial charge in [-0.25, -0.2) is 15.0 Å². The highest BCUT2D eigenvalue weighted by atomic mass is 32.1. The van der Waals surface area contributed by atoms with Crippen LogP contribution in [0.3, 0.4) is 0 Å². The number of aromatic nitrogens is 4. The van der Waals surface area contributed by atoms with Crippen LogP contribution in [-0.2, 0) is 5.41 Å². The molecule has 1 aliphatic rings. The van der Waals surface area contributed by atoms with E-state index in [1.165, 1.54) is 53.3 Å². The van der Waals surface area contributed by atoms with Gasteiger partial charge in [-0.3, -0.25) is 0 Å². The summed E-state index contributed by atoms with van der Waals surface area (Å²) >= 11 is 1.81. The van der Waals surface area contributed by atoms with Gasteiger partial charge in [-0.05, 0) is 112 Å². The summed E-state index contributed by atoms with van der Waals surface area (Å²) in [6.07, 6.45) is 2.17. The molecule has 13 rings (SSSR count). The number of thiophene rings is 1. The number of benzene rings is 9. The van der Waals surface area contributed by atoms with Crippen LogP contribution in [0.4, 0.5) is 17.1 Å². The Morgan fingerprint density at radius 2 is 1.05 bits per heavy atom. The minimum Gasteiger partial charge on any atom is -0.317 e. The molecule has 0 saturated heterocycles. The van der Waals surface area contributed by atoms with E-state index in [1.807, 2.05) is 29.5 Å². The van der Waals surface area contributed by atoms with Gasteiger partial charge in [0.25, 0.3) is 0 Å². The summed E-state index contributed by atoms with van der Waals surface area (Å²) in [7, 11) is 0. The third-order valence-corrected chi connectivity index (χ3v) is 14.6. The number of anilines is 3. The van der Waals surface area contributed by atoms with Crippen molar-refractivity contribution < 1.29 is 0 Å². The van der Waals surface area contributed by atoms with E-state index in [2.05, 4.69) is 218 Å². The van der Waals surface area contributed by atoms with E-state index in [-0.39, 0.29) is 5.41 Å². The zero-order chi connectivity index (χ0) is 43.9. The average Bonchev–Trinajstić information content (AvgIpc) is 3.98. The molecule has 0 radical (unpaired) electrons. The molecule has 66 heavy (non-hydrogen) atoms. The van der Waals surface area contributed by atoms with Gasteiger partial charge in [-0.2, -0.15) is 0 Å².